The van der Waals surface area contributed by atoms with E-state index in [1.165, 1.54) is 51.4 Å². The zero-order chi connectivity index (χ0) is 12.9. The van der Waals surface area contributed by atoms with Crippen LogP contribution in [0.15, 0.2) is 0 Å². The fourth-order valence-electron chi connectivity index (χ4n) is 1.95. The highest BCUT2D eigenvalue weighted by Gasteiger charge is 2.04. The first-order chi connectivity index (χ1) is 8.20. The second kappa shape index (κ2) is 11.7. The van der Waals surface area contributed by atoms with E-state index in [-0.39, 0.29) is 12.1 Å². The van der Waals surface area contributed by atoms with Gasteiger partial charge in [0.2, 0.25) is 0 Å². The molecule has 3 nitrogen and oxygen atoms in total. The molecule has 0 fully saturated rings. The third kappa shape index (κ3) is 11.5. The van der Waals surface area contributed by atoms with Gasteiger partial charge in [0, 0.05) is 13.1 Å². The van der Waals surface area contributed by atoms with Crippen molar-refractivity contribution in [3.63, 3.8) is 0 Å². The number of unbranched alkanes of at least 4 members (excludes halogenated alkanes) is 7. The SMILES string of the molecule is CCCCCCCCCCC(C)NC(=O)NC. The lowest BCUT2D eigenvalue weighted by atomic mass is 10.1. The van der Waals surface area contributed by atoms with Crippen LogP contribution >= 0.6 is 0 Å². The molecule has 0 saturated carbocycles. The van der Waals surface area contributed by atoms with Crippen LogP contribution in [0.5, 0.6) is 0 Å². The maximum atomic E-state index is 11.0. The molecule has 2 N–H and O–H groups in total. The minimum Gasteiger partial charge on any atom is -0.341 e. The third-order valence-corrected chi connectivity index (χ3v) is 3.10. The maximum Gasteiger partial charge on any atom is 0.314 e. The highest BCUT2D eigenvalue weighted by atomic mass is 16.2. The first-order valence-corrected chi connectivity index (χ1v) is 7.19. The van der Waals surface area contributed by atoms with Gasteiger partial charge in [0.25, 0.3) is 0 Å². The van der Waals surface area contributed by atoms with Gasteiger partial charge in [-0.15, -0.1) is 0 Å². The number of urea groups is 1. The smallest absolute Gasteiger partial charge is 0.314 e. The molecule has 0 spiro atoms. The summed E-state index contributed by atoms with van der Waals surface area (Å²) >= 11 is 0. The molecule has 0 aliphatic rings. The number of hydrogen-bond acceptors (Lipinski definition) is 1. The molecule has 0 rings (SSSR count). The molecule has 3 heteroatoms. The first kappa shape index (κ1) is 16.3. The third-order valence-electron chi connectivity index (χ3n) is 3.10. The monoisotopic (exact) mass is 242 g/mol. The average molecular weight is 242 g/mol. The van der Waals surface area contributed by atoms with Crippen molar-refractivity contribution in [2.24, 2.45) is 0 Å². The van der Waals surface area contributed by atoms with Crippen LogP contribution in [0.25, 0.3) is 0 Å². The molecule has 0 aromatic heterocycles. The van der Waals surface area contributed by atoms with Crippen LogP contribution in [0.3, 0.4) is 0 Å². The Morgan fingerprint density at radius 2 is 1.53 bits per heavy atom. The van der Waals surface area contributed by atoms with Gasteiger partial charge < -0.3 is 10.6 Å². The number of nitrogens with one attached hydrogen (secondary N) is 2. The van der Waals surface area contributed by atoms with Crippen LogP contribution in [-0.2, 0) is 0 Å². The van der Waals surface area contributed by atoms with Crippen molar-refractivity contribution in [1.82, 2.24) is 10.6 Å². The lowest BCUT2D eigenvalue weighted by Crippen LogP contribution is -2.38. The van der Waals surface area contributed by atoms with Crippen molar-refractivity contribution >= 4 is 6.03 Å². The van der Waals surface area contributed by atoms with Gasteiger partial charge in [-0.25, -0.2) is 4.79 Å². The van der Waals surface area contributed by atoms with Crippen LogP contribution in [0.2, 0.25) is 0 Å². The Hall–Kier alpha value is -0.730. The molecule has 0 aromatic carbocycles. The van der Waals surface area contributed by atoms with Crippen molar-refractivity contribution < 1.29 is 4.79 Å². The van der Waals surface area contributed by atoms with Crippen molar-refractivity contribution in [2.75, 3.05) is 7.05 Å². The molecule has 0 heterocycles. The van der Waals surface area contributed by atoms with Gasteiger partial charge in [-0.1, -0.05) is 58.3 Å². The molecular weight excluding hydrogens is 212 g/mol. The summed E-state index contributed by atoms with van der Waals surface area (Å²) in [6.07, 6.45) is 11.8. The maximum absolute atomic E-state index is 11.0. The second-order valence-corrected chi connectivity index (χ2v) is 4.89. The lowest BCUT2D eigenvalue weighted by Gasteiger charge is -2.12. The van der Waals surface area contributed by atoms with Crippen molar-refractivity contribution in [2.45, 2.75) is 77.7 Å². The minimum absolute atomic E-state index is 0.0722. The Kier molecular flexibility index (Phi) is 11.2. The van der Waals surface area contributed by atoms with Gasteiger partial charge in [-0.2, -0.15) is 0 Å². The molecule has 1 unspecified atom stereocenters. The van der Waals surface area contributed by atoms with E-state index in [9.17, 15) is 4.79 Å². The van der Waals surface area contributed by atoms with Gasteiger partial charge in [-0.05, 0) is 13.3 Å². The molecule has 0 saturated heterocycles. The average Bonchev–Trinajstić information content (AvgIpc) is 2.32. The summed E-state index contributed by atoms with van der Waals surface area (Å²) in [6, 6.07) is 0.215. The fraction of sp³-hybridized carbons (Fsp3) is 0.929. The van der Waals surface area contributed by atoms with Crippen LogP contribution < -0.4 is 10.6 Å². The largest absolute Gasteiger partial charge is 0.341 e. The Bertz CT molecular complexity index is 183. The van der Waals surface area contributed by atoms with Crippen molar-refractivity contribution in [1.29, 1.82) is 0 Å². The molecule has 0 bridgehead atoms. The Labute approximate surface area is 107 Å². The summed E-state index contributed by atoms with van der Waals surface area (Å²) in [5.41, 5.74) is 0. The summed E-state index contributed by atoms with van der Waals surface area (Å²) in [6.45, 7) is 4.32. The molecular formula is C14H30N2O. The van der Waals surface area contributed by atoms with Gasteiger partial charge >= 0.3 is 6.03 Å². The van der Waals surface area contributed by atoms with E-state index < -0.39 is 0 Å². The molecule has 0 aromatic rings. The van der Waals surface area contributed by atoms with E-state index in [4.69, 9.17) is 0 Å². The number of carbonyl (C=O) groups is 1. The molecule has 0 aliphatic carbocycles. The molecule has 0 radical (unpaired) electrons. The van der Waals surface area contributed by atoms with Crippen LogP contribution in [0, 0.1) is 0 Å². The number of hydrogen-bond donors (Lipinski definition) is 2. The van der Waals surface area contributed by atoms with Gasteiger partial charge in [-0.3, -0.25) is 0 Å². The number of rotatable bonds is 10. The quantitative estimate of drug-likeness (QED) is 0.562. The van der Waals surface area contributed by atoms with Crippen LogP contribution in [0.1, 0.15) is 71.6 Å². The summed E-state index contributed by atoms with van der Waals surface area (Å²) in [5.74, 6) is 0. The normalized spacial score (nSPS) is 12.2. The summed E-state index contributed by atoms with van der Waals surface area (Å²) in [4.78, 5) is 11.0. The van der Waals surface area contributed by atoms with E-state index >= 15 is 0 Å². The van der Waals surface area contributed by atoms with E-state index in [2.05, 4.69) is 24.5 Å². The Morgan fingerprint density at radius 3 is 2.06 bits per heavy atom. The molecule has 2 amide bonds. The number of amides is 2. The number of carbonyl (C=O) groups excluding carboxylic acids is 1. The zero-order valence-electron chi connectivity index (χ0n) is 11.8. The second-order valence-electron chi connectivity index (χ2n) is 4.89. The Balaban J connectivity index is 3.19. The Morgan fingerprint density at radius 1 is 1.00 bits per heavy atom. The van der Waals surface area contributed by atoms with E-state index in [1.54, 1.807) is 7.05 Å². The predicted molar refractivity (Wildman–Crippen MR) is 74.3 cm³/mol. The molecule has 0 aliphatic heterocycles. The standard InChI is InChI=1S/C14H30N2O/c1-4-5-6-7-8-9-10-11-12-13(2)16-14(17)15-3/h13H,4-12H2,1-3H3,(H2,15,16,17). The molecule has 102 valence electrons. The lowest BCUT2D eigenvalue weighted by molar-refractivity contribution is 0.239. The highest BCUT2D eigenvalue weighted by molar-refractivity contribution is 5.73. The highest BCUT2D eigenvalue weighted by Crippen LogP contribution is 2.10. The van der Waals surface area contributed by atoms with E-state index in [0.29, 0.717) is 0 Å². The van der Waals surface area contributed by atoms with E-state index in [0.717, 1.165) is 6.42 Å². The zero-order valence-corrected chi connectivity index (χ0v) is 11.8. The van der Waals surface area contributed by atoms with Gasteiger partial charge in [0.05, 0.1) is 0 Å². The summed E-state index contributed by atoms with van der Waals surface area (Å²) < 4.78 is 0. The first-order valence-electron chi connectivity index (χ1n) is 7.19. The minimum atomic E-state index is -0.0722. The van der Waals surface area contributed by atoms with Gasteiger partial charge in [0.15, 0.2) is 0 Å². The summed E-state index contributed by atoms with van der Waals surface area (Å²) in [7, 11) is 1.65. The predicted octanol–water partition coefficient (Wildman–Crippen LogP) is 3.83. The van der Waals surface area contributed by atoms with Gasteiger partial charge in [0.1, 0.15) is 0 Å². The van der Waals surface area contributed by atoms with Crippen molar-refractivity contribution in [3.8, 4) is 0 Å². The fourth-order valence-corrected chi connectivity index (χ4v) is 1.95. The molecule has 17 heavy (non-hydrogen) atoms. The topological polar surface area (TPSA) is 41.1 Å². The van der Waals surface area contributed by atoms with Crippen LogP contribution in [-0.4, -0.2) is 19.1 Å². The van der Waals surface area contributed by atoms with E-state index in [1.807, 2.05) is 0 Å². The van der Waals surface area contributed by atoms with Crippen LogP contribution in [0.4, 0.5) is 4.79 Å². The summed E-state index contributed by atoms with van der Waals surface area (Å²) in [5, 5.41) is 5.47. The van der Waals surface area contributed by atoms with Crippen molar-refractivity contribution in [3.05, 3.63) is 0 Å². The molecule has 1 atom stereocenters.